The van der Waals surface area contributed by atoms with Gasteiger partial charge in [0.1, 0.15) is 0 Å². The van der Waals surface area contributed by atoms with E-state index in [9.17, 15) is 4.79 Å². The monoisotopic (exact) mass is 266 g/mol. The molecule has 3 N–H and O–H groups in total. The maximum Gasteiger partial charge on any atom is 0.319 e. The molecule has 19 heavy (non-hydrogen) atoms. The highest BCUT2D eigenvalue weighted by atomic mass is 16.7. The Hall–Kier alpha value is -1.95. The van der Waals surface area contributed by atoms with E-state index in [0.29, 0.717) is 23.7 Å². The fourth-order valence-corrected chi connectivity index (χ4v) is 1.77. The summed E-state index contributed by atoms with van der Waals surface area (Å²) in [6.45, 7) is 1.01. The van der Waals surface area contributed by atoms with Crippen LogP contribution in [-0.2, 0) is 0 Å². The number of amides is 2. The van der Waals surface area contributed by atoms with Crippen molar-refractivity contribution in [3.05, 3.63) is 18.2 Å². The lowest BCUT2D eigenvalue weighted by Crippen LogP contribution is -2.29. The Balaban J connectivity index is 1.73. The van der Waals surface area contributed by atoms with E-state index in [1.54, 1.807) is 18.2 Å². The average Bonchev–Trinajstić information content (AvgIpc) is 2.86. The van der Waals surface area contributed by atoms with Crippen LogP contribution < -0.4 is 20.1 Å². The van der Waals surface area contributed by atoms with Gasteiger partial charge in [0, 0.05) is 24.9 Å². The number of carbonyl (C=O) groups excluding carboxylic acids is 1. The maximum atomic E-state index is 11.6. The van der Waals surface area contributed by atoms with Crippen LogP contribution in [0.1, 0.15) is 19.3 Å². The molecule has 1 aliphatic rings. The van der Waals surface area contributed by atoms with Gasteiger partial charge in [0.2, 0.25) is 6.79 Å². The minimum Gasteiger partial charge on any atom is -0.454 e. The van der Waals surface area contributed by atoms with Crippen molar-refractivity contribution in [2.45, 2.75) is 19.3 Å². The van der Waals surface area contributed by atoms with E-state index >= 15 is 0 Å². The summed E-state index contributed by atoms with van der Waals surface area (Å²) in [5, 5.41) is 14.1. The van der Waals surface area contributed by atoms with Gasteiger partial charge in [-0.05, 0) is 31.4 Å². The number of hydrogen-bond acceptors (Lipinski definition) is 4. The number of anilines is 1. The van der Waals surface area contributed by atoms with Crippen molar-refractivity contribution in [1.29, 1.82) is 0 Å². The van der Waals surface area contributed by atoms with E-state index in [1.165, 1.54) is 0 Å². The van der Waals surface area contributed by atoms with Crippen molar-refractivity contribution in [2.24, 2.45) is 0 Å². The Morgan fingerprint density at radius 2 is 2.05 bits per heavy atom. The molecule has 0 unspecified atom stereocenters. The summed E-state index contributed by atoms with van der Waals surface area (Å²) in [6, 6.07) is 5.01. The number of ether oxygens (including phenoxy) is 2. The SMILES string of the molecule is O=C(NCCCCCO)Nc1ccc2c(c1)OCO2. The summed E-state index contributed by atoms with van der Waals surface area (Å²) in [4.78, 5) is 11.6. The Kier molecular flexibility index (Phi) is 4.85. The molecule has 0 radical (unpaired) electrons. The largest absolute Gasteiger partial charge is 0.454 e. The van der Waals surface area contributed by atoms with Gasteiger partial charge in [0.15, 0.2) is 11.5 Å². The molecule has 0 aliphatic carbocycles. The molecule has 1 aromatic carbocycles. The third-order valence-corrected chi connectivity index (χ3v) is 2.75. The van der Waals surface area contributed by atoms with Crippen molar-refractivity contribution >= 4 is 11.7 Å². The van der Waals surface area contributed by atoms with Gasteiger partial charge in [-0.15, -0.1) is 0 Å². The standard InChI is InChI=1S/C13H18N2O4/c16-7-3-1-2-6-14-13(17)15-10-4-5-11-12(8-10)19-9-18-11/h4-5,8,16H,1-3,6-7,9H2,(H2,14,15,17). The first-order valence-corrected chi connectivity index (χ1v) is 6.35. The predicted molar refractivity (Wildman–Crippen MR) is 70.5 cm³/mol. The molecule has 104 valence electrons. The molecule has 0 bridgehead atoms. The second kappa shape index (κ2) is 6.84. The van der Waals surface area contributed by atoms with Gasteiger partial charge in [0.25, 0.3) is 0 Å². The van der Waals surface area contributed by atoms with Crippen LogP contribution in [0.3, 0.4) is 0 Å². The third-order valence-electron chi connectivity index (χ3n) is 2.75. The van der Waals surface area contributed by atoms with Crippen LogP contribution in [0.4, 0.5) is 10.5 Å². The highest BCUT2D eigenvalue weighted by Gasteiger charge is 2.13. The lowest BCUT2D eigenvalue weighted by molar-refractivity contribution is 0.174. The first-order valence-electron chi connectivity index (χ1n) is 6.35. The normalized spacial score (nSPS) is 12.3. The van der Waals surface area contributed by atoms with Crippen LogP contribution in [0.25, 0.3) is 0 Å². The van der Waals surface area contributed by atoms with E-state index in [2.05, 4.69) is 10.6 Å². The van der Waals surface area contributed by atoms with Gasteiger partial charge in [-0.1, -0.05) is 0 Å². The Morgan fingerprint density at radius 1 is 1.21 bits per heavy atom. The number of hydrogen-bond donors (Lipinski definition) is 3. The molecule has 1 heterocycles. The average molecular weight is 266 g/mol. The summed E-state index contributed by atoms with van der Waals surface area (Å²) in [5.41, 5.74) is 0.664. The highest BCUT2D eigenvalue weighted by Crippen LogP contribution is 2.34. The summed E-state index contributed by atoms with van der Waals surface area (Å²) < 4.78 is 10.4. The molecule has 1 aliphatic heterocycles. The zero-order valence-corrected chi connectivity index (χ0v) is 10.6. The molecule has 6 heteroatoms. The van der Waals surface area contributed by atoms with Crippen LogP contribution in [-0.4, -0.2) is 31.1 Å². The fourth-order valence-electron chi connectivity index (χ4n) is 1.77. The predicted octanol–water partition coefficient (Wildman–Crippen LogP) is 1.70. The zero-order chi connectivity index (χ0) is 13.5. The number of unbranched alkanes of at least 4 members (excludes halogenated alkanes) is 2. The summed E-state index contributed by atoms with van der Waals surface area (Å²) in [5.74, 6) is 1.33. The van der Waals surface area contributed by atoms with Crippen LogP contribution >= 0.6 is 0 Å². The molecule has 2 amide bonds. The number of urea groups is 1. The number of rotatable bonds is 6. The molecule has 0 saturated heterocycles. The van der Waals surface area contributed by atoms with Gasteiger partial charge >= 0.3 is 6.03 Å². The molecular weight excluding hydrogens is 248 g/mol. The van der Waals surface area contributed by atoms with Crippen molar-refractivity contribution in [1.82, 2.24) is 5.32 Å². The Labute approximate surface area is 111 Å². The van der Waals surface area contributed by atoms with Crippen LogP contribution in [0, 0.1) is 0 Å². The Morgan fingerprint density at radius 3 is 2.89 bits per heavy atom. The lowest BCUT2D eigenvalue weighted by atomic mass is 10.2. The van der Waals surface area contributed by atoms with E-state index in [-0.39, 0.29) is 19.4 Å². The number of carbonyl (C=O) groups is 1. The second-order valence-corrected chi connectivity index (χ2v) is 4.23. The molecule has 6 nitrogen and oxygen atoms in total. The first-order chi connectivity index (χ1) is 9.29. The minimum absolute atomic E-state index is 0.198. The molecule has 0 saturated carbocycles. The second-order valence-electron chi connectivity index (χ2n) is 4.23. The lowest BCUT2D eigenvalue weighted by Gasteiger charge is -2.08. The summed E-state index contributed by atoms with van der Waals surface area (Å²) >= 11 is 0. The molecule has 2 rings (SSSR count). The summed E-state index contributed by atoms with van der Waals surface area (Å²) in [6.07, 6.45) is 2.53. The van der Waals surface area contributed by atoms with Crippen LogP contribution in [0.2, 0.25) is 0 Å². The van der Waals surface area contributed by atoms with Gasteiger partial charge in [0.05, 0.1) is 0 Å². The van der Waals surface area contributed by atoms with Gasteiger partial charge < -0.3 is 25.2 Å². The number of nitrogens with one attached hydrogen (secondary N) is 2. The Bertz CT molecular complexity index is 437. The first kappa shape index (κ1) is 13.5. The van der Waals surface area contributed by atoms with Gasteiger partial charge in [-0.2, -0.15) is 0 Å². The van der Waals surface area contributed by atoms with E-state index in [1.807, 2.05) is 0 Å². The number of aliphatic hydroxyl groups is 1. The molecule has 0 atom stereocenters. The van der Waals surface area contributed by atoms with E-state index in [0.717, 1.165) is 19.3 Å². The number of aliphatic hydroxyl groups excluding tert-OH is 1. The van der Waals surface area contributed by atoms with E-state index in [4.69, 9.17) is 14.6 Å². The minimum atomic E-state index is -0.247. The van der Waals surface area contributed by atoms with Crippen LogP contribution in [0.15, 0.2) is 18.2 Å². The smallest absolute Gasteiger partial charge is 0.319 e. The van der Waals surface area contributed by atoms with Gasteiger partial charge in [-0.3, -0.25) is 0 Å². The quantitative estimate of drug-likeness (QED) is 0.685. The fraction of sp³-hybridized carbons (Fsp3) is 0.462. The zero-order valence-electron chi connectivity index (χ0n) is 10.6. The molecule has 0 fully saturated rings. The van der Waals surface area contributed by atoms with Crippen molar-refractivity contribution in [3.8, 4) is 11.5 Å². The topological polar surface area (TPSA) is 79.8 Å². The molecule has 0 aromatic heterocycles. The maximum absolute atomic E-state index is 11.6. The molecule has 1 aromatic rings. The van der Waals surface area contributed by atoms with Crippen molar-refractivity contribution in [3.63, 3.8) is 0 Å². The molecular formula is C13H18N2O4. The third kappa shape index (κ3) is 4.03. The van der Waals surface area contributed by atoms with Crippen LogP contribution in [0.5, 0.6) is 11.5 Å². The van der Waals surface area contributed by atoms with Gasteiger partial charge in [-0.25, -0.2) is 4.79 Å². The molecule has 0 spiro atoms. The number of benzene rings is 1. The highest BCUT2D eigenvalue weighted by molar-refractivity contribution is 5.89. The van der Waals surface area contributed by atoms with E-state index < -0.39 is 0 Å². The van der Waals surface area contributed by atoms with Crippen molar-refractivity contribution in [2.75, 3.05) is 25.3 Å². The summed E-state index contributed by atoms with van der Waals surface area (Å²) in [7, 11) is 0. The van der Waals surface area contributed by atoms with Crippen molar-refractivity contribution < 1.29 is 19.4 Å². The number of fused-ring (bicyclic) bond motifs is 1.